The Morgan fingerprint density at radius 2 is 1.17 bits per heavy atom. The first kappa shape index (κ1) is 43.3. The Morgan fingerprint density at radius 1 is 0.651 bits per heavy atom. The minimum Gasteiger partial charge on any atom is -0.391 e. The van der Waals surface area contributed by atoms with Crippen LogP contribution >= 0.6 is 0 Å². The molecule has 0 unspecified atom stereocenters. The van der Waals surface area contributed by atoms with E-state index < -0.39 is 18.2 Å². The van der Waals surface area contributed by atoms with Crippen molar-refractivity contribution in [2.24, 2.45) is 11.8 Å². The van der Waals surface area contributed by atoms with Gasteiger partial charge in [-0.05, 0) is 112 Å². The molecule has 6 heterocycles. The third-order valence-corrected chi connectivity index (χ3v) is 15.8. The molecule has 7 fully saturated rings. The number of β-amino-alcohol motifs (C(OH)–C–C–N with tert-alkyl or cyclic N) is 1. The van der Waals surface area contributed by atoms with E-state index in [1.165, 1.54) is 11.3 Å². The minimum absolute atomic E-state index is 0.0327. The average Bonchev–Trinajstić information content (AvgIpc) is 4.15. The number of urea groups is 2. The number of amides is 6. The van der Waals surface area contributed by atoms with Gasteiger partial charge >= 0.3 is 12.1 Å². The zero-order chi connectivity index (χ0) is 44.0. The van der Waals surface area contributed by atoms with Crippen molar-refractivity contribution < 1.29 is 24.3 Å². The summed E-state index contributed by atoms with van der Waals surface area (Å²) in [6.45, 7) is 11.5. The minimum atomic E-state index is -0.649. The maximum absolute atomic E-state index is 14.1. The lowest BCUT2D eigenvalue weighted by Gasteiger charge is -2.53. The fourth-order valence-corrected chi connectivity index (χ4v) is 11.8. The largest absolute Gasteiger partial charge is 0.391 e. The van der Waals surface area contributed by atoms with Crippen LogP contribution in [0.15, 0.2) is 36.7 Å². The number of aliphatic hydroxyl groups excluding tert-OH is 1. The Hall–Kier alpha value is -4.92. The number of H-pyrrole nitrogens is 2. The van der Waals surface area contributed by atoms with Crippen molar-refractivity contribution in [2.75, 3.05) is 39.3 Å². The second-order valence-corrected chi connectivity index (χ2v) is 20.3. The number of benzene rings is 1. The Morgan fingerprint density at radius 3 is 1.71 bits per heavy atom. The number of imidazole rings is 2. The number of aliphatic hydroxyl groups is 1. The smallest absolute Gasteiger partial charge is 0.318 e. The summed E-state index contributed by atoms with van der Waals surface area (Å²) in [5.41, 5.74) is 4.77. The number of rotatable bonds is 11. The van der Waals surface area contributed by atoms with Gasteiger partial charge in [-0.25, -0.2) is 19.6 Å². The van der Waals surface area contributed by atoms with E-state index in [0.29, 0.717) is 32.6 Å². The van der Waals surface area contributed by atoms with Crippen LogP contribution in [0.3, 0.4) is 0 Å². The van der Waals surface area contributed by atoms with Gasteiger partial charge in [-0.2, -0.15) is 0 Å². The molecule has 4 aliphatic heterocycles. The number of nitrogens with one attached hydrogen (secondary N) is 4. The van der Waals surface area contributed by atoms with Gasteiger partial charge in [-0.15, -0.1) is 0 Å². The molecule has 7 aliphatic rings. The molecule has 5 N–H and O–H groups in total. The van der Waals surface area contributed by atoms with Gasteiger partial charge in [0.15, 0.2) is 0 Å². The molecule has 340 valence electrons. The van der Waals surface area contributed by atoms with Gasteiger partial charge in [0.2, 0.25) is 11.8 Å². The van der Waals surface area contributed by atoms with E-state index >= 15 is 0 Å². The molecule has 63 heavy (non-hydrogen) atoms. The molecule has 3 aliphatic carbocycles. The van der Waals surface area contributed by atoms with Crippen molar-refractivity contribution in [1.82, 2.24) is 50.2 Å². The van der Waals surface area contributed by atoms with Gasteiger partial charge in [-0.1, -0.05) is 52.0 Å². The number of fused-ring (bicyclic) bond motifs is 3. The van der Waals surface area contributed by atoms with Crippen molar-refractivity contribution in [2.45, 2.75) is 152 Å². The van der Waals surface area contributed by atoms with Crippen molar-refractivity contribution in [3.63, 3.8) is 0 Å². The van der Waals surface area contributed by atoms with E-state index in [9.17, 15) is 24.3 Å². The van der Waals surface area contributed by atoms with Gasteiger partial charge < -0.3 is 45.3 Å². The summed E-state index contributed by atoms with van der Waals surface area (Å²) in [5, 5.41) is 16.0. The highest BCUT2D eigenvalue weighted by Crippen LogP contribution is 2.58. The van der Waals surface area contributed by atoms with Gasteiger partial charge in [-0.3, -0.25) is 9.59 Å². The number of carbonyl (C=O) groups excluding carboxylic acids is 4. The highest BCUT2D eigenvalue weighted by molar-refractivity contribution is 5.88. The third-order valence-electron chi connectivity index (χ3n) is 15.8. The second-order valence-electron chi connectivity index (χ2n) is 20.3. The lowest BCUT2D eigenvalue weighted by molar-refractivity contribution is -0.136. The maximum atomic E-state index is 14.1. The zero-order valence-electron chi connectivity index (χ0n) is 37.7. The first-order valence-corrected chi connectivity index (χ1v) is 24.0. The van der Waals surface area contributed by atoms with Crippen molar-refractivity contribution >= 4 is 23.9 Å². The lowest BCUT2D eigenvalue weighted by atomic mass is 9.51. The standard InChI is InChI=1S/C48H68N10O5/c1-30(2)39(53-45(62)55-22-5-6-23-55)43(60)57-24-7-9-36(57)41-49-27-35(51-41)32-11-13-33(14-12-32)47-16-19-48(20-17-47,21-18-47)38-28-50-42(52-38)37-10-8-25-58(37)44(61)40(31(3)4)54-46(63)56-26-15-34(59)29-56/h11-14,27-28,30-31,34,36-37,39-40,59H,5-10,15-26,29H2,1-4H3,(H,49,51)(H,50,52)(H,53,62)(H,54,63)/t34-,36+,37+,39+,40+,47?,48?/m1/s1. The molecule has 15 nitrogen and oxygen atoms in total. The van der Waals surface area contributed by atoms with E-state index in [4.69, 9.17) is 9.97 Å². The second kappa shape index (κ2) is 17.6. The molecule has 1 aromatic carbocycles. The maximum Gasteiger partial charge on any atom is 0.318 e. The molecule has 4 saturated heterocycles. The summed E-state index contributed by atoms with van der Waals surface area (Å²) in [6.07, 6.45) is 16.0. The van der Waals surface area contributed by atoms with E-state index in [0.717, 1.165) is 113 Å². The van der Waals surface area contributed by atoms with E-state index in [1.807, 2.05) is 54.8 Å². The van der Waals surface area contributed by atoms with Crippen LogP contribution in [0.2, 0.25) is 0 Å². The molecular formula is C48H68N10O5. The van der Waals surface area contributed by atoms with Crippen LogP contribution in [0.4, 0.5) is 9.59 Å². The molecule has 2 aromatic heterocycles. The number of carbonyl (C=O) groups is 4. The molecule has 15 heteroatoms. The number of hydrogen-bond acceptors (Lipinski definition) is 7. The Kier molecular flexibility index (Phi) is 12.1. The summed E-state index contributed by atoms with van der Waals surface area (Å²) in [7, 11) is 0. The van der Waals surface area contributed by atoms with E-state index in [2.05, 4.69) is 44.9 Å². The average molecular weight is 865 g/mol. The molecule has 6 amide bonds. The van der Waals surface area contributed by atoms with Crippen LogP contribution in [0.1, 0.15) is 146 Å². The topological polar surface area (TPSA) is 183 Å². The third kappa shape index (κ3) is 8.34. The van der Waals surface area contributed by atoms with Crippen LogP contribution in [0.25, 0.3) is 11.3 Å². The number of nitrogens with zero attached hydrogens (tertiary/aromatic N) is 6. The van der Waals surface area contributed by atoms with Gasteiger partial charge in [0.05, 0.1) is 30.1 Å². The van der Waals surface area contributed by atoms with Crippen LogP contribution < -0.4 is 10.6 Å². The normalized spacial score (nSPS) is 28.1. The fraction of sp³-hybridized carbons (Fsp3) is 0.667. The summed E-state index contributed by atoms with van der Waals surface area (Å²) < 4.78 is 0. The van der Waals surface area contributed by atoms with Gasteiger partial charge in [0.25, 0.3) is 0 Å². The molecule has 0 radical (unpaired) electrons. The van der Waals surface area contributed by atoms with Gasteiger partial charge in [0.1, 0.15) is 23.7 Å². The van der Waals surface area contributed by atoms with Crippen LogP contribution in [-0.2, 0) is 20.4 Å². The quantitative estimate of drug-likeness (QED) is 0.150. The fourth-order valence-electron chi connectivity index (χ4n) is 11.8. The predicted molar refractivity (Wildman–Crippen MR) is 238 cm³/mol. The van der Waals surface area contributed by atoms with Crippen molar-refractivity contribution in [3.8, 4) is 11.3 Å². The van der Waals surface area contributed by atoms with E-state index in [1.54, 1.807) is 4.90 Å². The first-order chi connectivity index (χ1) is 30.3. The Balaban J connectivity index is 0.821. The lowest BCUT2D eigenvalue weighted by Crippen LogP contribution is -2.54. The molecule has 5 atom stereocenters. The number of likely N-dealkylation sites (tertiary alicyclic amines) is 4. The summed E-state index contributed by atoms with van der Waals surface area (Å²) in [4.78, 5) is 78.3. The molecule has 3 saturated carbocycles. The Bertz CT molecular complexity index is 2120. The SMILES string of the molecule is CC(C)[C@H](NC(=O)N1CCCC1)C(=O)N1CCC[C@H]1c1ncc(-c2ccc(C34CCC(c5cnc([C@@H]6CCCN6C(=O)[C@@H](NC(=O)N6CC[C@@H](O)C6)C(C)C)[nH]5)(CC3)CC4)cc2)[nH]1. The molecule has 3 aromatic rings. The molecular weight excluding hydrogens is 797 g/mol. The monoisotopic (exact) mass is 865 g/mol. The number of aromatic nitrogens is 4. The summed E-state index contributed by atoms with van der Waals surface area (Å²) in [5.74, 6) is 1.41. The van der Waals surface area contributed by atoms with Crippen LogP contribution in [-0.4, -0.2) is 126 Å². The summed E-state index contributed by atoms with van der Waals surface area (Å²) >= 11 is 0. The first-order valence-electron chi connectivity index (χ1n) is 24.0. The molecule has 2 bridgehead atoms. The number of aromatic amines is 2. The number of hydrogen-bond donors (Lipinski definition) is 5. The predicted octanol–water partition coefficient (Wildman–Crippen LogP) is 6.30. The molecule has 10 rings (SSSR count). The highest BCUT2D eigenvalue weighted by Gasteiger charge is 2.51. The summed E-state index contributed by atoms with van der Waals surface area (Å²) in [6, 6.07) is 7.05. The van der Waals surface area contributed by atoms with Crippen molar-refractivity contribution in [3.05, 3.63) is 59.6 Å². The zero-order valence-corrected chi connectivity index (χ0v) is 37.7. The molecule has 0 spiro atoms. The Labute approximate surface area is 371 Å². The van der Waals surface area contributed by atoms with E-state index in [-0.39, 0.29) is 58.6 Å². The van der Waals surface area contributed by atoms with Crippen LogP contribution in [0, 0.1) is 11.8 Å². The van der Waals surface area contributed by atoms with Gasteiger partial charge in [0, 0.05) is 56.6 Å². The van der Waals surface area contributed by atoms with Crippen LogP contribution in [0.5, 0.6) is 0 Å². The highest BCUT2D eigenvalue weighted by atomic mass is 16.3. The van der Waals surface area contributed by atoms with Crippen molar-refractivity contribution in [1.29, 1.82) is 0 Å².